The van der Waals surface area contributed by atoms with Gasteiger partial charge in [-0.15, -0.1) is 0 Å². The zero-order valence-electron chi connectivity index (χ0n) is 10.1. The molecule has 0 fully saturated rings. The van der Waals surface area contributed by atoms with Gasteiger partial charge in [-0.3, -0.25) is 0 Å². The molecule has 0 aromatic heterocycles. The molecule has 0 radical (unpaired) electrons. The Morgan fingerprint density at radius 1 is 0.684 bits per heavy atom. The van der Waals surface area contributed by atoms with Crippen molar-refractivity contribution >= 4 is 22.5 Å². The number of phenols is 2. The lowest BCUT2D eigenvalue weighted by Crippen LogP contribution is -1.80. The van der Waals surface area contributed by atoms with Crippen molar-refractivity contribution in [2.75, 3.05) is 0 Å². The molecule has 0 saturated carbocycles. The highest BCUT2D eigenvalue weighted by Crippen LogP contribution is 2.40. The SMILES string of the molecule is Oc1cccc2c(O)c(Sc3ccccc3)ccc12. The molecule has 0 aliphatic rings. The smallest absolute Gasteiger partial charge is 0.137 e. The summed E-state index contributed by atoms with van der Waals surface area (Å²) in [5.41, 5.74) is 0. The van der Waals surface area contributed by atoms with E-state index in [1.54, 1.807) is 18.2 Å². The van der Waals surface area contributed by atoms with Crippen molar-refractivity contribution in [2.45, 2.75) is 9.79 Å². The van der Waals surface area contributed by atoms with Crippen LogP contribution in [0.4, 0.5) is 0 Å². The molecule has 19 heavy (non-hydrogen) atoms. The van der Waals surface area contributed by atoms with E-state index in [4.69, 9.17) is 0 Å². The van der Waals surface area contributed by atoms with Gasteiger partial charge in [-0.05, 0) is 30.3 Å². The van der Waals surface area contributed by atoms with E-state index in [1.807, 2.05) is 42.5 Å². The molecule has 0 heterocycles. The molecule has 0 aliphatic carbocycles. The van der Waals surface area contributed by atoms with Crippen molar-refractivity contribution in [1.29, 1.82) is 0 Å². The average Bonchev–Trinajstić information content (AvgIpc) is 2.44. The summed E-state index contributed by atoms with van der Waals surface area (Å²) >= 11 is 1.50. The molecule has 2 nitrogen and oxygen atoms in total. The van der Waals surface area contributed by atoms with E-state index in [-0.39, 0.29) is 11.5 Å². The van der Waals surface area contributed by atoms with Crippen LogP contribution in [0.15, 0.2) is 70.5 Å². The lowest BCUT2D eigenvalue weighted by molar-refractivity contribution is 0.466. The summed E-state index contributed by atoms with van der Waals surface area (Å²) in [6.07, 6.45) is 0. The first-order chi connectivity index (χ1) is 9.25. The van der Waals surface area contributed by atoms with Gasteiger partial charge in [0.2, 0.25) is 0 Å². The minimum absolute atomic E-state index is 0.184. The first kappa shape index (κ1) is 11.9. The van der Waals surface area contributed by atoms with Crippen LogP contribution in [0.1, 0.15) is 0 Å². The number of aromatic hydroxyl groups is 2. The first-order valence-corrected chi connectivity index (χ1v) is 6.74. The Labute approximate surface area is 115 Å². The van der Waals surface area contributed by atoms with Crippen LogP contribution in [0.25, 0.3) is 10.8 Å². The Morgan fingerprint density at radius 3 is 2.26 bits per heavy atom. The summed E-state index contributed by atoms with van der Waals surface area (Å²) in [6.45, 7) is 0. The lowest BCUT2D eigenvalue weighted by Gasteiger charge is -2.08. The normalized spacial score (nSPS) is 10.7. The van der Waals surface area contributed by atoms with Crippen molar-refractivity contribution < 1.29 is 10.2 Å². The molecule has 3 aromatic carbocycles. The van der Waals surface area contributed by atoms with E-state index in [2.05, 4.69) is 0 Å². The molecule has 3 aromatic rings. The number of phenolic OH excluding ortho intramolecular Hbond substituents is 2. The monoisotopic (exact) mass is 268 g/mol. The maximum Gasteiger partial charge on any atom is 0.137 e. The quantitative estimate of drug-likeness (QED) is 0.723. The first-order valence-electron chi connectivity index (χ1n) is 5.92. The van der Waals surface area contributed by atoms with E-state index in [1.165, 1.54) is 11.8 Å². The Kier molecular flexibility index (Phi) is 3.05. The molecule has 0 aliphatic heterocycles. The molecule has 3 heteroatoms. The molecule has 0 unspecified atom stereocenters. The Balaban J connectivity index is 2.08. The molecular formula is C16H12O2S. The standard InChI is InChI=1S/C16H12O2S/c17-14-8-4-7-13-12(14)9-10-15(16(13)18)19-11-5-2-1-3-6-11/h1-10,17-18H. The minimum atomic E-state index is 0.184. The number of hydrogen-bond donors (Lipinski definition) is 2. The Bertz CT molecular complexity index is 723. The zero-order valence-corrected chi connectivity index (χ0v) is 10.9. The third-order valence-corrected chi connectivity index (χ3v) is 4.00. The second kappa shape index (κ2) is 4.86. The molecule has 0 saturated heterocycles. The highest BCUT2D eigenvalue weighted by atomic mass is 32.2. The summed E-state index contributed by atoms with van der Waals surface area (Å²) in [4.78, 5) is 1.85. The van der Waals surface area contributed by atoms with Crippen molar-refractivity contribution in [3.05, 3.63) is 60.7 Å². The number of rotatable bonds is 2. The molecule has 0 spiro atoms. The van der Waals surface area contributed by atoms with E-state index < -0.39 is 0 Å². The number of hydrogen-bond acceptors (Lipinski definition) is 3. The second-order valence-electron chi connectivity index (χ2n) is 4.20. The Hall–Kier alpha value is -2.13. The third kappa shape index (κ3) is 2.25. The van der Waals surface area contributed by atoms with Gasteiger partial charge in [0.25, 0.3) is 0 Å². The molecule has 2 N–H and O–H groups in total. The van der Waals surface area contributed by atoms with Gasteiger partial charge in [0.05, 0.1) is 4.90 Å². The van der Waals surface area contributed by atoms with Crippen LogP contribution in [-0.2, 0) is 0 Å². The van der Waals surface area contributed by atoms with E-state index in [0.717, 1.165) is 9.79 Å². The predicted molar refractivity (Wildman–Crippen MR) is 77.8 cm³/mol. The van der Waals surface area contributed by atoms with Gasteiger partial charge < -0.3 is 10.2 Å². The minimum Gasteiger partial charge on any atom is -0.507 e. The highest BCUT2D eigenvalue weighted by Gasteiger charge is 2.09. The van der Waals surface area contributed by atoms with Crippen LogP contribution in [0, 0.1) is 0 Å². The molecule has 3 rings (SSSR count). The molecule has 0 atom stereocenters. The van der Waals surface area contributed by atoms with Crippen molar-refractivity contribution in [2.24, 2.45) is 0 Å². The fourth-order valence-corrected chi connectivity index (χ4v) is 2.89. The maximum atomic E-state index is 10.3. The van der Waals surface area contributed by atoms with Crippen LogP contribution < -0.4 is 0 Å². The molecule has 0 amide bonds. The van der Waals surface area contributed by atoms with Gasteiger partial charge in [0.15, 0.2) is 0 Å². The van der Waals surface area contributed by atoms with Gasteiger partial charge in [-0.2, -0.15) is 0 Å². The number of fused-ring (bicyclic) bond motifs is 1. The van der Waals surface area contributed by atoms with Crippen molar-refractivity contribution in [3.63, 3.8) is 0 Å². The fourth-order valence-electron chi connectivity index (χ4n) is 2.00. The van der Waals surface area contributed by atoms with Crippen molar-refractivity contribution in [3.8, 4) is 11.5 Å². The van der Waals surface area contributed by atoms with Crippen LogP contribution in [0.5, 0.6) is 11.5 Å². The maximum absolute atomic E-state index is 10.3. The van der Waals surface area contributed by atoms with Gasteiger partial charge >= 0.3 is 0 Å². The summed E-state index contributed by atoms with van der Waals surface area (Å²) in [6, 6.07) is 18.7. The fraction of sp³-hybridized carbons (Fsp3) is 0. The largest absolute Gasteiger partial charge is 0.507 e. The van der Waals surface area contributed by atoms with Gasteiger partial charge in [-0.25, -0.2) is 0 Å². The highest BCUT2D eigenvalue weighted by molar-refractivity contribution is 7.99. The number of benzene rings is 3. The van der Waals surface area contributed by atoms with Crippen molar-refractivity contribution in [1.82, 2.24) is 0 Å². The summed E-state index contributed by atoms with van der Waals surface area (Å²) < 4.78 is 0. The van der Waals surface area contributed by atoms with Gasteiger partial charge in [0, 0.05) is 15.7 Å². The van der Waals surface area contributed by atoms with Crippen LogP contribution in [-0.4, -0.2) is 10.2 Å². The molecule has 94 valence electrons. The molecular weight excluding hydrogens is 256 g/mol. The molecule has 0 bridgehead atoms. The van der Waals surface area contributed by atoms with Crippen LogP contribution >= 0.6 is 11.8 Å². The second-order valence-corrected chi connectivity index (χ2v) is 5.32. The third-order valence-electron chi connectivity index (χ3n) is 2.94. The average molecular weight is 268 g/mol. The lowest BCUT2D eigenvalue weighted by atomic mass is 10.1. The summed E-state index contributed by atoms with van der Waals surface area (Å²) in [7, 11) is 0. The van der Waals surface area contributed by atoms with Gasteiger partial charge in [-0.1, -0.05) is 42.1 Å². The van der Waals surface area contributed by atoms with E-state index >= 15 is 0 Å². The Morgan fingerprint density at radius 2 is 1.47 bits per heavy atom. The zero-order chi connectivity index (χ0) is 13.2. The van der Waals surface area contributed by atoms with E-state index in [9.17, 15) is 10.2 Å². The van der Waals surface area contributed by atoms with Gasteiger partial charge in [0.1, 0.15) is 11.5 Å². The van der Waals surface area contributed by atoms with Crippen LogP contribution in [0.3, 0.4) is 0 Å². The predicted octanol–water partition coefficient (Wildman–Crippen LogP) is 4.40. The topological polar surface area (TPSA) is 40.5 Å². The summed E-state index contributed by atoms with van der Waals surface area (Å²) in [5, 5.41) is 21.4. The van der Waals surface area contributed by atoms with E-state index in [0.29, 0.717) is 10.8 Å². The summed E-state index contributed by atoms with van der Waals surface area (Å²) in [5.74, 6) is 0.395. The van der Waals surface area contributed by atoms with Crippen LogP contribution in [0.2, 0.25) is 0 Å².